The highest BCUT2D eigenvalue weighted by Crippen LogP contribution is 2.34. The highest BCUT2D eigenvalue weighted by atomic mass is 16.6. The van der Waals surface area contributed by atoms with Crippen molar-refractivity contribution >= 4 is 0 Å². The van der Waals surface area contributed by atoms with E-state index in [2.05, 4.69) is 16.4 Å². The lowest BCUT2D eigenvalue weighted by atomic mass is 9.91. The normalized spacial score (nSPS) is 19.2. The summed E-state index contributed by atoms with van der Waals surface area (Å²) in [7, 11) is 0. The van der Waals surface area contributed by atoms with Crippen LogP contribution >= 0.6 is 0 Å². The van der Waals surface area contributed by atoms with Crippen molar-refractivity contribution in [3.05, 3.63) is 57.5 Å². The summed E-state index contributed by atoms with van der Waals surface area (Å²) in [6.07, 6.45) is 3.10. The Labute approximate surface area is 134 Å². The molecule has 0 saturated carbocycles. The Morgan fingerprint density at radius 2 is 2.09 bits per heavy atom. The highest BCUT2D eigenvalue weighted by Gasteiger charge is 2.22. The van der Waals surface area contributed by atoms with Gasteiger partial charge in [0.25, 0.3) is 0 Å². The van der Waals surface area contributed by atoms with Crippen LogP contribution in [0.2, 0.25) is 0 Å². The number of hydrogen-bond acceptors (Lipinski definition) is 4. The van der Waals surface area contributed by atoms with Crippen LogP contribution in [0.25, 0.3) is 0 Å². The van der Waals surface area contributed by atoms with Crippen molar-refractivity contribution in [3.8, 4) is 11.5 Å². The van der Waals surface area contributed by atoms with Crippen LogP contribution in [0.4, 0.5) is 0 Å². The van der Waals surface area contributed by atoms with E-state index in [0.29, 0.717) is 13.2 Å². The maximum atomic E-state index is 11.5. The van der Waals surface area contributed by atoms with Gasteiger partial charge in [0.1, 0.15) is 13.2 Å². The number of benzene rings is 1. The van der Waals surface area contributed by atoms with E-state index < -0.39 is 0 Å². The largest absolute Gasteiger partial charge is 0.486 e. The number of aromatic amines is 1. The van der Waals surface area contributed by atoms with Crippen LogP contribution in [0.15, 0.2) is 35.1 Å². The zero-order valence-corrected chi connectivity index (χ0v) is 12.9. The van der Waals surface area contributed by atoms with E-state index in [-0.39, 0.29) is 11.6 Å². The molecule has 1 aliphatic heterocycles. The molecule has 0 radical (unpaired) electrons. The SMILES string of the molecule is O=c1ccc2c([nH]1)CCCC2NCc1cccc2c1OCCO2. The molecule has 2 heterocycles. The Balaban J connectivity index is 1.54. The fourth-order valence-electron chi connectivity index (χ4n) is 3.42. The quantitative estimate of drug-likeness (QED) is 0.913. The number of H-pyrrole nitrogens is 1. The third-order valence-electron chi connectivity index (χ3n) is 4.52. The van der Waals surface area contributed by atoms with Gasteiger partial charge < -0.3 is 19.8 Å². The monoisotopic (exact) mass is 312 g/mol. The number of fused-ring (bicyclic) bond motifs is 2. The minimum Gasteiger partial charge on any atom is -0.486 e. The minimum atomic E-state index is -0.0212. The molecule has 1 aliphatic carbocycles. The van der Waals surface area contributed by atoms with Crippen LogP contribution in [0.5, 0.6) is 11.5 Å². The molecule has 2 aliphatic rings. The number of hydrogen-bond donors (Lipinski definition) is 2. The molecule has 1 aromatic carbocycles. The summed E-state index contributed by atoms with van der Waals surface area (Å²) in [5.74, 6) is 1.67. The molecule has 4 rings (SSSR count). The smallest absolute Gasteiger partial charge is 0.248 e. The first-order valence-electron chi connectivity index (χ1n) is 8.14. The van der Waals surface area contributed by atoms with Gasteiger partial charge >= 0.3 is 0 Å². The molecule has 5 heteroatoms. The molecule has 0 fully saturated rings. The minimum absolute atomic E-state index is 0.0212. The van der Waals surface area contributed by atoms with Gasteiger partial charge in [0.15, 0.2) is 11.5 Å². The third kappa shape index (κ3) is 2.84. The summed E-state index contributed by atoms with van der Waals surface area (Å²) in [6, 6.07) is 9.83. The summed E-state index contributed by atoms with van der Waals surface area (Å²) in [5, 5.41) is 3.61. The number of rotatable bonds is 3. The Hall–Kier alpha value is -2.27. The molecule has 23 heavy (non-hydrogen) atoms. The van der Waals surface area contributed by atoms with Crippen molar-refractivity contribution in [2.24, 2.45) is 0 Å². The highest BCUT2D eigenvalue weighted by molar-refractivity contribution is 5.47. The molecule has 120 valence electrons. The summed E-state index contributed by atoms with van der Waals surface area (Å²) < 4.78 is 11.4. The van der Waals surface area contributed by atoms with Crippen LogP contribution in [0.1, 0.15) is 35.7 Å². The average Bonchev–Trinajstić information content (AvgIpc) is 2.59. The van der Waals surface area contributed by atoms with E-state index in [1.165, 1.54) is 5.56 Å². The van der Waals surface area contributed by atoms with E-state index in [1.807, 2.05) is 18.2 Å². The standard InChI is InChI=1S/C18H20N2O3/c21-17-8-7-13-14(4-2-5-15(13)20-17)19-11-12-3-1-6-16-18(12)23-10-9-22-16/h1,3,6-8,14,19H,2,4-5,9-11H2,(H,20,21). The Kier molecular flexibility index (Phi) is 3.79. The fourth-order valence-corrected chi connectivity index (χ4v) is 3.42. The van der Waals surface area contributed by atoms with Gasteiger partial charge in [0, 0.05) is 29.9 Å². The van der Waals surface area contributed by atoms with E-state index >= 15 is 0 Å². The Morgan fingerprint density at radius 1 is 1.17 bits per heavy atom. The molecule has 5 nitrogen and oxygen atoms in total. The molecule has 0 amide bonds. The summed E-state index contributed by atoms with van der Waals surface area (Å²) >= 11 is 0. The van der Waals surface area contributed by atoms with E-state index in [4.69, 9.17) is 9.47 Å². The topological polar surface area (TPSA) is 63.4 Å². The number of aryl methyl sites for hydroxylation is 1. The molecule has 1 aromatic heterocycles. The van der Waals surface area contributed by atoms with Crippen molar-refractivity contribution in [2.45, 2.75) is 31.8 Å². The molecular formula is C18H20N2O3. The fraction of sp³-hybridized carbons (Fsp3) is 0.389. The predicted octanol–water partition coefficient (Wildman–Crippen LogP) is 2.31. The summed E-state index contributed by atoms with van der Waals surface area (Å²) in [4.78, 5) is 14.4. The van der Waals surface area contributed by atoms with E-state index in [9.17, 15) is 4.79 Å². The molecule has 1 atom stereocenters. The second-order valence-corrected chi connectivity index (χ2v) is 6.02. The van der Waals surface area contributed by atoms with Crippen molar-refractivity contribution in [3.63, 3.8) is 0 Å². The maximum absolute atomic E-state index is 11.5. The molecule has 0 spiro atoms. The van der Waals surface area contributed by atoms with Crippen molar-refractivity contribution in [1.29, 1.82) is 0 Å². The van der Waals surface area contributed by atoms with Crippen LogP contribution in [0, 0.1) is 0 Å². The van der Waals surface area contributed by atoms with E-state index in [1.54, 1.807) is 6.07 Å². The summed E-state index contributed by atoms with van der Waals surface area (Å²) in [5.41, 5.74) is 3.36. The first kappa shape index (κ1) is 14.3. The predicted molar refractivity (Wildman–Crippen MR) is 87.0 cm³/mol. The second-order valence-electron chi connectivity index (χ2n) is 6.02. The molecule has 1 unspecified atom stereocenters. The van der Waals surface area contributed by atoms with Crippen molar-refractivity contribution in [1.82, 2.24) is 10.3 Å². The van der Waals surface area contributed by atoms with Gasteiger partial charge in [-0.1, -0.05) is 18.2 Å². The van der Waals surface area contributed by atoms with Gasteiger partial charge in [0.2, 0.25) is 5.56 Å². The van der Waals surface area contributed by atoms with Crippen molar-refractivity contribution < 1.29 is 9.47 Å². The van der Waals surface area contributed by atoms with Crippen LogP contribution in [-0.2, 0) is 13.0 Å². The lowest BCUT2D eigenvalue weighted by molar-refractivity contribution is 0.169. The zero-order chi connectivity index (χ0) is 15.6. The number of aromatic nitrogens is 1. The molecular weight excluding hydrogens is 292 g/mol. The lowest BCUT2D eigenvalue weighted by Crippen LogP contribution is -2.27. The van der Waals surface area contributed by atoms with Gasteiger partial charge in [-0.2, -0.15) is 0 Å². The summed E-state index contributed by atoms with van der Waals surface area (Å²) in [6.45, 7) is 1.92. The zero-order valence-electron chi connectivity index (χ0n) is 12.9. The third-order valence-corrected chi connectivity index (χ3v) is 4.52. The van der Waals surface area contributed by atoms with E-state index in [0.717, 1.165) is 48.6 Å². The molecule has 2 N–H and O–H groups in total. The first-order valence-corrected chi connectivity index (χ1v) is 8.14. The Morgan fingerprint density at radius 3 is 3.04 bits per heavy atom. The molecule has 2 aromatic rings. The van der Waals surface area contributed by atoms with Crippen molar-refractivity contribution in [2.75, 3.05) is 13.2 Å². The first-order chi connectivity index (χ1) is 11.3. The van der Waals surface area contributed by atoms with Crippen LogP contribution < -0.4 is 20.3 Å². The lowest BCUT2D eigenvalue weighted by Gasteiger charge is -2.27. The second kappa shape index (κ2) is 6.08. The number of para-hydroxylation sites is 1. The molecule has 0 saturated heterocycles. The number of nitrogens with one attached hydrogen (secondary N) is 2. The number of ether oxygens (including phenoxy) is 2. The van der Waals surface area contributed by atoms with Gasteiger partial charge in [0.05, 0.1) is 0 Å². The van der Waals surface area contributed by atoms with Crippen LogP contribution in [-0.4, -0.2) is 18.2 Å². The van der Waals surface area contributed by atoms with Gasteiger partial charge in [-0.25, -0.2) is 0 Å². The Bertz CT molecular complexity index is 769. The van der Waals surface area contributed by atoms with Crippen LogP contribution in [0.3, 0.4) is 0 Å². The molecule has 0 bridgehead atoms. The van der Waals surface area contributed by atoms with Gasteiger partial charge in [-0.3, -0.25) is 4.79 Å². The van der Waals surface area contributed by atoms with Gasteiger partial charge in [-0.15, -0.1) is 0 Å². The number of pyridine rings is 1. The van der Waals surface area contributed by atoms with Gasteiger partial charge in [-0.05, 0) is 30.9 Å². The maximum Gasteiger partial charge on any atom is 0.248 e. The average molecular weight is 312 g/mol.